The van der Waals surface area contributed by atoms with Crippen molar-refractivity contribution in [2.75, 3.05) is 11.9 Å². The van der Waals surface area contributed by atoms with Crippen LogP contribution in [0.3, 0.4) is 0 Å². The number of carbonyl (C=O) groups is 1. The third-order valence-corrected chi connectivity index (χ3v) is 4.75. The third kappa shape index (κ3) is 3.89. The van der Waals surface area contributed by atoms with E-state index in [4.69, 9.17) is 9.15 Å². The molecule has 1 amide bonds. The van der Waals surface area contributed by atoms with Crippen LogP contribution in [0, 0.1) is 0 Å². The predicted molar refractivity (Wildman–Crippen MR) is 99.5 cm³/mol. The molecule has 0 radical (unpaired) electrons. The monoisotopic (exact) mass is 398 g/mol. The van der Waals surface area contributed by atoms with Crippen LogP contribution in [-0.2, 0) is 4.74 Å². The van der Waals surface area contributed by atoms with E-state index in [9.17, 15) is 20.1 Å². The Balaban J connectivity index is 1.48. The molecule has 0 spiro atoms. The second kappa shape index (κ2) is 8.10. The minimum absolute atomic E-state index is 0.338. The van der Waals surface area contributed by atoms with Crippen molar-refractivity contribution < 1.29 is 33.8 Å². The fraction of sp³-hybridized carbons (Fsp3) is 0.250. The Kier molecular flexibility index (Phi) is 5.36. The van der Waals surface area contributed by atoms with Crippen LogP contribution in [0.5, 0.6) is 0 Å². The van der Waals surface area contributed by atoms with Gasteiger partial charge in [-0.15, -0.1) is 0 Å². The largest absolute Gasteiger partial charge is 0.444 e. The Morgan fingerprint density at radius 3 is 2.62 bits per heavy atom. The van der Waals surface area contributed by atoms with Crippen LogP contribution < -0.4 is 9.88 Å². The highest BCUT2D eigenvalue weighted by Crippen LogP contribution is 2.25. The fourth-order valence-electron chi connectivity index (χ4n) is 3.19. The molecule has 3 heterocycles. The normalized spacial score (nSPS) is 23.8. The number of aliphatic hydroxyl groups is 3. The maximum atomic E-state index is 12.6. The summed E-state index contributed by atoms with van der Waals surface area (Å²) in [5.74, 6) is 0.281. The maximum Gasteiger partial charge on any atom is 0.292 e. The first kappa shape index (κ1) is 19.2. The maximum absolute atomic E-state index is 12.6. The third-order valence-electron chi connectivity index (χ3n) is 4.75. The standard InChI is InChI=1S/C20H19N3O6/c24-10-16-17(25)18(26)20(29-16)23-7-1-2-13(9-23)19(27)22-14-5-3-12(4-6-14)15-8-21-11-28-15/h1-9,11,16-18,20,24-26H,10H2/p+1/t16?,17-,18-,20?/m1/s1. The van der Waals surface area contributed by atoms with E-state index in [0.29, 0.717) is 17.0 Å². The van der Waals surface area contributed by atoms with Crippen LogP contribution in [-0.4, -0.2) is 51.1 Å². The van der Waals surface area contributed by atoms with Crippen LogP contribution in [0.15, 0.2) is 65.8 Å². The van der Waals surface area contributed by atoms with Crippen molar-refractivity contribution in [2.45, 2.75) is 24.5 Å². The average Bonchev–Trinajstić information content (AvgIpc) is 3.38. The smallest absolute Gasteiger partial charge is 0.292 e. The number of nitrogens with zero attached hydrogens (tertiary/aromatic N) is 2. The number of anilines is 1. The van der Waals surface area contributed by atoms with E-state index in [0.717, 1.165) is 5.56 Å². The van der Waals surface area contributed by atoms with E-state index in [1.54, 1.807) is 48.8 Å². The van der Waals surface area contributed by atoms with Crippen LogP contribution >= 0.6 is 0 Å². The summed E-state index contributed by atoms with van der Waals surface area (Å²) in [6.07, 6.45) is 1.86. The Bertz CT molecular complexity index is 976. The van der Waals surface area contributed by atoms with Gasteiger partial charge in [0, 0.05) is 17.3 Å². The van der Waals surface area contributed by atoms with Crippen molar-refractivity contribution in [2.24, 2.45) is 0 Å². The van der Waals surface area contributed by atoms with Crippen molar-refractivity contribution in [3.05, 3.63) is 66.9 Å². The van der Waals surface area contributed by atoms with Crippen LogP contribution in [0.1, 0.15) is 16.6 Å². The van der Waals surface area contributed by atoms with E-state index >= 15 is 0 Å². The van der Waals surface area contributed by atoms with Crippen molar-refractivity contribution in [3.63, 3.8) is 0 Å². The molecule has 1 saturated heterocycles. The van der Waals surface area contributed by atoms with E-state index in [2.05, 4.69) is 10.3 Å². The summed E-state index contributed by atoms with van der Waals surface area (Å²) in [7, 11) is 0. The van der Waals surface area contributed by atoms with Gasteiger partial charge in [0.25, 0.3) is 12.1 Å². The zero-order valence-corrected chi connectivity index (χ0v) is 15.3. The Morgan fingerprint density at radius 1 is 1.17 bits per heavy atom. The quantitative estimate of drug-likeness (QED) is 0.461. The summed E-state index contributed by atoms with van der Waals surface area (Å²) in [5, 5.41) is 32.1. The Morgan fingerprint density at radius 2 is 1.97 bits per heavy atom. The molecule has 0 saturated carbocycles. The molecule has 9 heteroatoms. The van der Waals surface area contributed by atoms with E-state index < -0.39 is 31.1 Å². The summed E-state index contributed by atoms with van der Waals surface area (Å²) in [6.45, 7) is -0.417. The number of carbonyl (C=O) groups excluding carboxylic acids is 1. The van der Waals surface area contributed by atoms with Gasteiger partial charge in [-0.2, -0.15) is 4.57 Å². The van der Waals surface area contributed by atoms with Crippen LogP contribution in [0.4, 0.5) is 5.69 Å². The SMILES string of the molecule is O=C(Nc1ccc(-c2cnco2)cc1)c1ccc[n+](C2OC(CO)[C@@H](O)[C@H]2O)c1. The molecular formula is C20H20N3O6+. The molecule has 0 bridgehead atoms. The number of hydrogen-bond acceptors (Lipinski definition) is 7. The number of hydrogen-bond donors (Lipinski definition) is 4. The Hall–Kier alpha value is -3.11. The van der Waals surface area contributed by atoms with Crippen molar-refractivity contribution in [1.29, 1.82) is 0 Å². The van der Waals surface area contributed by atoms with Crippen molar-refractivity contribution >= 4 is 11.6 Å². The summed E-state index contributed by atoms with van der Waals surface area (Å²) < 4.78 is 12.2. The first-order valence-corrected chi connectivity index (χ1v) is 9.00. The summed E-state index contributed by atoms with van der Waals surface area (Å²) in [4.78, 5) is 16.5. The highest BCUT2D eigenvalue weighted by molar-refractivity contribution is 6.03. The molecule has 1 aliphatic heterocycles. The first-order valence-electron chi connectivity index (χ1n) is 9.00. The number of aliphatic hydroxyl groups excluding tert-OH is 3. The molecule has 1 fully saturated rings. The fourth-order valence-corrected chi connectivity index (χ4v) is 3.19. The van der Waals surface area contributed by atoms with Gasteiger partial charge >= 0.3 is 0 Å². The number of benzene rings is 1. The first-order chi connectivity index (χ1) is 14.1. The molecule has 1 aliphatic rings. The minimum atomic E-state index is -1.22. The average molecular weight is 398 g/mol. The predicted octanol–water partition coefficient (Wildman–Crippen LogP) is 0.493. The molecule has 0 aliphatic carbocycles. The van der Waals surface area contributed by atoms with Gasteiger partial charge in [-0.25, -0.2) is 4.98 Å². The zero-order valence-electron chi connectivity index (χ0n) is 15.3. The number of pyridine rings is 1. The van der Waals surface area contributed by atoms with Gasteiger partial charge in [0.1, 0.15) is 17.8 Å². The number of oxazole rings is 1. The second-order valence-corrected chi connectivity index (χ2v) is 6.67. The van der Waals surface area contributed by atoms with E-state index in [1.807, 2.05) is 0 Å². The summed E-state index contributed by atoms with van der Waals surface area (Å²) >= 11 is 0. The lowest BCUT2D eigenvalue weighted by Gasteiger charge is -2.11. The lowest BCUT2D eigenvalue weighted by atomic mass is 10.1. The molecule has 4 atom stereocenters. The van der Waals surface area contributed by atoms with Gasteiger partial charge in [0.15, 0.2) is 30.7 Å². The molecule has 9 nitrogen and oxygen atoms in total. The number of aromatic nitrogens is 2. The van der Waals surface area contributed by atoms with E-state index in [1.165, 1.54) is 17.2 Å². The minimum Gasteiger partial charge on any atom is -0.444 e. The highest BCUT2D eigenvalue weighted by Gasteiger charge is 2.48. The number of nitrogens with one attached hydrogen (secondary N) is 1. The topological polar surface area (TPSA) is 129 Å². The van der Waals surface area contributed by atoms with Gasteiger partial charge in [0.2, 0.25) is 0 Å². The van der Waals surface area contributed by atoms with Crippen LogP contribution in [0.2, 0.25) is 0 Å². The second-order valence-electron chi connectivity index (χ2n) is 6.67. The molecule has 2 aromatic heterocycles. The van der Waals surface area contributed by atoms with Gasteiger partial charge in [-0.05, 0) is 30.3 Å². The van der Waals surface area contributed by atoms with Gasteiger partial charge < -0.3 is 29.8 Å². The number of amides is 1. The molecule has 29 heavy (non-hydrogen) atoms. The van der Waals surface area contributed by atoms with Crippen LogP contribution in [0.25, 0.3) is 11.3 Å². The molecule has 4 N–H and O–H groups in total. The molecule has 2 unspecified atom stereocenters. The number of rotatable bonds is 5. The summed E-state index contributed by atoms with van der Waals surface area (Å²) in [6, 6.07) is 10.4. The van der Waals surface area contributed by atoms with E-state index in [-0.39, 0.29) is 5.91 Å². The lowest BCUT2D eigenvalue weighted by Crippen LogP contribution is -2.46. The van der Waals surface area contributed by atoms with Gasteiger partial charge in [-0.3, -0.25) is 4.79 Å². The molecule has 1 aromatic carbocycles. The molecule has 4 rings (SSSR count). The highest BCUT2D eigenvalue weighted by atomic mass is 16.6. The van der Waals surface area contributed by atoms with Gasteiger partial charge in [-0.1, -0.05) is 0 Å². The van der Waals surface area contributed by atoms with Crippen molar-refractivity contribution in [3.8, 4) is 11.3 Å². The summed E-state index contributed by atoms with van der Waals surface area (Å²) in [5.41, 5.74) is 1.77. The Labute approximate surface area is 165 Å². The molecule has 3 aromatic rings. The zero-order chi connectivity index (χ0) is 20.4. The van der Waals surface area contributed by atoms with Gasteiger partial charge in [0.05, 0.1) is 12.8 Å². The lowest BCUT2D eigenvalue weighted by molar-refractivity contribution is -0.765. The van der Waals surface area contributed by atoms with Crippen molar-refractivity contribution in [1.82, 2.24) is 4.98 Å². The molecular weight excluding hydrogens is 378 g/mol. The number of ether oxygens (including phenoxy) is 1. The molecule has 150 valence electrons.